The zero-order chi connectivity index (χ0) is 12.4. The van der Waals surface area contributed by atoms with Crippen LogP contribution in [0.2, 0.25) is 0 Å². The Bertz CT molecular complexity index is 148. The van der Waals surface area contributed by atoms with Crippen molar-refractivity contribution in [1.29, 1.82) is 0 Å². The number of hydrogen-bond donors (Lipinski definition) is 0. The lowest BCUT2D eigenvalue weighted by Gasteiger charge is -2.13. The van der Waals surface area contributed by atoms with Crippen molar-refractivity contribution in [3.05, 3.63) is 0 Å². The highest BCUT2D eigenvalue weighted by atomic mass is 16.1. The number of hydrogen-bond acceptors (Lipinski definition) is 1. The Hall–Kier alpha value is -0.330. The van der Waals surface area contributed by atoms with E-state index in [1.807, 2.05) is 0 Å². The minimum atomic E-state index is 0.485. The van der Waals surface area contributed by atoms with Gasteiger partial charge in [0.1, 0.15) is 5.78 Å². The van der Waals surface area contributed by atoms with Crippen LogP contribution in [0.25, 0.3) is 0 Å². The van der Waals surface area contributed by atoms with E-state index in [4.69, 9.17) is 0 Å². The first kappa shape index (κ1) is 15.7. The van der Waals surface area contributed by atoms with Crippen molar-refractivity contribution >= 4 is 5.78 Å². The van der Waals surface area contributed by atoms with Crippen LogP contribution in [-0.4, -0.2) is 5.78 Å². The molecule has 0 aromatic carbocycles. The first-order valence-electron chi connectivity index (χ1n) is 7.19. The molecular formula is C15H30O. The van der Waals surface area contributed by atoms with E-state index in [9.17, 15) is 4.79 Å². The van der Waals surface area contributed by atoms with E-state index in [-0.39, 0.29) is 0 Å². The normalized spacial score (nSPS) is 11.4. The van der Waals surface area contributed by atoms with Crippen molar-refractivity contribution in [1.82, 2.24) is 0 Å². The quantitative estimate of drug-likeness (QED) is 0.513. The van der Waals surface area contributed by atoms with Gasteiger partial charge in [0.2, 0.25) is 0 Å². The largest absolute Gasteiger partial charge is 0.300 e. The lowest BCUT2D eigenvalue weighted by Crippen LogP contribution is -2.06. The third-order valence-electron chi connectivity index (χ3n) is 3.97. The Labute approximate surface area is 102 Å². The van der Waals surface area contributed by atoms with E-state index in [0.29, 0.717) is 5.78 Å². The zero-order valence-electron chi connectivity index (χ0n) is 11.7. The number of rotatable bonds is 10. The molecule has 0 saturated heterocycles. The van der Waals surface area contributed by atoms with Crippen LogP contribution >= 0.6 is 0 Å². The molecule has 0 aromatic heterocycles. The standard InChI is InChI=1S/C15H30O/c1-5-13(6-2)9-11-15(16)12-10-14(7-3)8-4/h13-14H,5-12H2,1-4H3. The van der Waals surface area contributed by atoms with Gasteiger partial charge in [0.25, 0.3) is 0 Å². The molecule has 0 rings (SSSR count). The molecule has 16 heavy (non-hydrogen) atoms. The fraction of sp³-hybridized carbons (Fsp3) is 0.933. The van der Waals surface area contributed by atoms with Gasteiger partial charge in [-0.1, -0.05) is 53.4 Å². The molecule has 0 amide bonds. The molecule has 0 radical (unpaired) electrons. The molecule has 0 aliphatic carbocycles. The van der Waals surface area contributed by atoms with E-state index in [1.165, 1.54) is 25.7 Å². The van der Waals surface area contributed by atoms with Crippen molar-refractivity contribution in [3.8, 4) is 0 Å². The molecular weight excluding hydrogens is 196 g/mol. The summed E-state index contributed by atoms with van der Waals surface area (Å²) in [5, 5.41) is 0. The highest BCUT2D eigenvalue weighted by molar-refractivity contribution is 5.78. The van der Waals surface area contributed by atoms with Crippen molar-refractivity contribution < 1.29 is 4.79 Å². The van der Waals surface area contributed by atoms with Gasteiger partial charge >= 0.3 is 0 Å². The number of carbonyl (C=O) groups excluding carboxylic acids is 1. The molecule has 0 heterocycles. The maximum absolute atomic E-state index is 11.7. The third-order valence-corrected chi connectivity index (χ3v) is 3.97. The molecule has 0 aliphatic rings. The van der Waals surface area contributed by atoms with Gasteiger partial charge in [-0.25, -0.2) is 0 Å². The molecule has 1 heteroatoms. The molecule has 0 aliphatic heterocycles. The van der Waals surface area contributed by atoms with Crippen LogP contribution in [0.3, 0.4) is 0 Å². The Balaban J connectivity index is 3.65. The first-order chi connectivity index (χ1) is 7.67. The summed E-state index contributed by atoms with van der Waals surface area (Å²) in [5.41, 5.74) is 0. The van der Waals surface area contributed by atoms with E-state index in [1.54, 1.807) is 0 Å². The van der Waals surface area contributed by atoms with Gasteiger partial charge in [0.05, 0.1) is 0 Å². The first-order valence-corrected chi connectivity index (χ1v) is 7.19. The van der Waals surface area contributed by atoms with Gasteiger partial charge in [-0.05, 0) is 24.7 Å². The summed E-state index contributed by atoms with van der Waals surface area (Å²) in [7, 11) is 0. The van der Waals surface area contributed by atoms with Crippen LogP contribution < -0.4 is 0 Å². The average Bonchev–Trinajstić information content (AvgIpc) is 2.31. The summed E-state index contributed by atoms with van der Waals surface area (Å²) < 4.78 is 0. The molecule has 0 aromatic rings. The summed E-state index contributed by atoms with van der Waals surface area (Å²) in [6.45, 7) is 8.90. The van der Waals surface area contributed by atoms with Gasteiger partial charge in [0.15, 0.2) is 0 Å². The molecule has 0 fully saturated rings. The summed E-state index contributed by atoms with van der Waals surface area (Å²) in [6, 6.07) is 0. The van der Waals surface area contributed by atoms with E-state index < -0.39 is 0 Å². The number of ketones is 1. The molecule has 96 valence electrons. The fourth-order valence-corrected chi connectivity index (χ4v) is 2.25. The maximum atomic E-state index is 11.7. The Morgan fingerprint density at radius 2 is 1.06 bits per heavy atom. The van der Waals surface area contributed by atoms with Gasteiger partial charge in [-0.15, -0.1) is 0 Å². The van der Waals surface area contributed by atoms with E-state index >= 15 is 0 Å². The summed E-state index contributed by atoms with van der Waals surface area (Å²) in [4.78, 5) is 11.7. The second-order valence-electron chi connectivity index (χ2n) is 4.98. The summed E-state index contributed by atoms with van der Waals surface area (Å²) in [5.74, 6) is 2.01. The van der Waals surface area contributed by atoms with Crippen LogP contribution in [0.5, 0.6) is 0 Å². The third kappa shape index (κ3) is 7.03. The topological polar surface area (TPSA) is 17.1 Å². The Kier molecular flexibility index (Phi) is 9.66. The van der Waals surface area contributed by atoms with Crippen molar-refractivity contribution in [3.63, 3.8) is 0 Å². The van der Waals surface area contributed by atoms with Crippen LogP contribution in [-0.2, 0) is 4.79 Å². The van der Waals surface area contributed by atoms with Crippen molar-refractivity contribution in [2.45, 2.75) is 79.1 Å². The molecule has 0 atom stereocenters. The zero-order valence-corrected chi connectivity index (χ0v) is 11.7. The van der Waals surface area contributed by atoms with Crippen LogP contribution in [0.4, 0.5) is 0 Å². The van der Waals surface area contributed by atoms with Crippen molar-refractivity contribution in [2.75, 3.05) is 0 Å². The molecule has 1 nitrogen and oxygen atoms in total. The van der Waals surface area contributed by atoms with Gasteiger partial charge in [0, 0.05) is 12.8 Å². The minimum absolute atomic E-state index is 0.485. The average molecular weight is 226 g/mol. The highest BCUT2D eigenvalue weighted by Gasteiger charge is 2.10. The Morgan fingerprint density at radius 1 is 0.750 bits per heavy atom. The van der Waals surface area contributed by atoms with Gasteiger partial charge in [-0.3, -0.25) is 4.79 Å². The van der Waals surface area contributed by atoms with Crippen LogP contribution in [0.15, 0.2) is 0 Å². The summed E-state index contributed by atoms with van der Waals surface area (Å²) in [6.07, 6.45) is 8.71. The highest BCUT2D eigenvalue weighted by Crippen LogP contribution is 2.18. The predicted molar refractivity (Wildman–Crippen MR) is 71.6 cm³/mol. The fourth-order valence-electron chi connectivity index (χ4n) is 2.25. The van der Waals surface area contributed by atoms with Crippen LogP contribution in [0, 0.1) is 11.8 Å². The van der Waals surface area contributed by atoms with Crippen molar-refractivity contribution in [2.24, 2.45) is 11.8 Å². The SMILES string of the molecule is CCC(CC)CCC(=O)CCC(CC)CC. The molecule has 0 bridgehead atoms. The maximum Gasteiger partial charge on any atom is 0.132 e. The Morgan fingerprint density at radius 3 is 1.31 bits per heavy atom. The number of Topliss-reactive ketones (excluding diaryl/α,β-unsaturated/α-hetero) is 1. The lowest BCUT2D eigenvalue weighted by molar-refractivity contribution is -0.119. The number of carbonyl (C=O) groups is 1. The smallest absolute Gasteiger partial charge is 0.132 e. The molecule has 0 spiro atoms. The van der Waals surface area contributed by atoms with E-state index in [2.05, 4.69) is 27.7 Å². The summed E-state index contributed by atoms with van der Waals surface area (Å²) >= 11 is 0. The minimum Gasteiger partial charge on any atom is -0.300 e. The van der Waals surface area contributed by atoms with Crippen LogP contribution in [0.1, 0.15) is 79.1 Å². The predicted octanol–water partition coefficient (Wildman–Crippen LogP) is 4.99. The second-order valence-corrected chi connectivity index (χ2v) is 4.98. The molecule has 0 saturated carbocycles. The second kappa shape index (κ2) is 9.86. The lowest BCUT2D eigenvalue weighted by atomic mass is 9.92. The van der Waals surface area contributed by atoms with E-state index in [0.717, 1.165) is 37.5 Å². The van der Waals surface area contributed by atoms with Gasteiger partial charge in [-0.2, -0.15) is 0 Å². The molecule has 0 unspecified atom stereocenters. The monoisotopic (exact) mass is 226 g/mol. The van der Waals surface area contributed by atoms with Gasteiger partial charge < -0.3 is 0 Å². The molecule has 0 N–H and O–H groups in total.